The van der Waals surface area contributed by atoms with Crippen LogP contribution in [0.2, 0.25) is 5.02 Å². The van der Waals surface area contributed by atoms with Crippen molar-refractivity contribution in [2.75, 3.05) is 17.1 Å². The molecule has 1 aromatic carbocycles. The summed E-state index contributed by atoms with van der Waals surface area (Å²) in [4.78, 5) is 3.90. The van der Waals surface area contributed by atoms with E-state index in [4.69, 9.17) is 11.6 Å². The van der Waals surface area contributed by atoms with Gasteiger partial charge in [0.1, 0.15) is 0 Å². The monoisotopic (exact) mass is 375 g/mol. The van der Waals surface area contributed by atoms with Crippen LogP contribution in [0.25, 0.3) is 0 Å². The van der Waals surface area contributed by atoms with Crippen LogP contribution in [-0.2, 0) is 10.0 Å². The third-order valence-electron chi connectivity index (χ3n) is 2.47. The lowest BCUT2D eigenvalue weighted by atomic mass is 10.3. The van der Waals surface area contributed by atoms with Crippen LogP contribution in [0.15, 0.2) is 46.0 Å². The fraction of sp³-hybridized carbons (Fsp3) is 0.0833. The minimum atomic E-state index is -3.78. The van der Waals surface area contributed by atoms with Gasteiger partial charge in [-0.15, -0.1) is 0 Å². The van der Waals surface area contributed by atoms with Crippen molar-refractivity contribution in [1.82, 2.24) is 4.98 Å². The lowest BCUT2D eigenvalue weighted by molar-refractivity contribution is 0.598. The van der Waals surface area contributed by atoms with Gasteiger partial charge in [-0.25, -0.2) is 4.98 Å². The summed E-state index contributed by atoms with van der Waals surface area (Å²) < 4.78 is 27.8. The molecule has 0 radical (unpaired) electrons. The first-order chi connectivity index (χ1) is 9.44. The first kappa shape index (κ1) is 15.1. The quantitative estimate of drug-likeness (QED) is 0.858. The third-order valence-corrected chi connectivity index (χ3v) is 5.04. The first-order valence-electron chi connectivity index (χ1n) is 5.54. The molecule has 0 saturated carbocycles. The molecule has 20 heavy (non-hydrogen) atoms. The summed E-state index contributed by atoms with van der Waals surface area (Å²) >= 11 is 9.18. The van der Waals surface area contributed by atoms with Crippen LogP contribution in [0, 0.1) is 0 Å². The summed E-state index contributed by atoms with van der Waals surface area (Å²) in [6.45, 7) is 0. The summed E-state index contributed by atoms with van der Waals surface area (Å²) in [5.41, 5.74) is 0.786. The standard InChI is InChI=1S/C12H11BrClN3O2S/c1-15-11-3-2-6-16-12(11)20(18,19)17-8-4-5-9(13)10(14)7-8/h2-7,15,17H,1H3. The SMILES string of the molecule is CNc1cccnc1S(=O)(=O)Nc1ccc(Br)c(Cl)c1. The number of nitrogens with zero attached hydrogens (tertiary/aromatic N) is 1. The average Bonchev–Trinajstić information content (AvgIpc) is 2.42. The maximum Gasteiger partial charge on any atom is 0.281 e. The maximum absolute atomic E-state index is 12.3. The molecule has 5 nitrogen and oxygen atoms in total. The number of nitrogens with one attached hydrogen (secondary N) is 2. The number of hydrogen-bond donors (Lipinski definition) is 2. The largest absolute Gasteiger partial charge is 0.386 e. The van der Waals surface area contributed by atoms with E-state index in [0.29, 0.717) is 20.9 Å². The number of anilines is 2. The van der Waals surface area contributed by atoms with Crippen LogP contribution < -0.4 is 10.0 Å². The highest BCUT2D eigenvalue weighted by Gasteiger charge is 2.20. The van der Waals surface area contributed by atoms with Gasteiger partial charge in [0.15, 0.2) is 5.03 Å². The van der Waals surface area contributed by atoms with Gasteiger partial charge in [-0.2, -0.15) is 8.42 Å². The zero-order valence-corrected chi connectivity index (χ0v) is 13.6. The van der Waals surface area contributed by atoms with Crippen LogP contribution in [0.4, 0.5) is 11.4 Å². The van der Waals surface area contributed by atoms with Crippen molar-refractivity contribution in [2.45, 2.75) is 5.03 Å². The Morgan fingerprint density at radius 3 is 2.70 bits per heavy atom. The van der Waals surface area contributed by atoms with Crippen molar-refractivity contribution in [1.29, 1.82) is 0 Å². The third kappa shape index (κ3) is 3.23. The summed E-state index contributed by atoms with van der Waals surface area (Å²) in [7, 11) is -2.15. The Labute approximate surface area is 130 Å². The first-order valence-corrected chi connectivity index (χ1v) is 8.20. The van der Waals surface area contributed by atoms with Crippen molar-refractivity contribution in [3.05, 3.63) is 46.0 Å². The van der Waals surface area contributed by atoms with Crippen molar-refractivity contribution >= 4 is 48.9 Å². The molecule has 2 aromatic rings. The molecule has 1 aromatic heterocycles. The van der Waals surface area contributed by atoms with Crippen LogP contribution in [0.5, 0.6) is 0 Å². The van der Waals surface area contributed by atoms with Gasteiger partial charge in [0.05, 0.1) is 16.4 Å². The van der Waals surface area contributed by atoms with Gasteiger partial charge in [-0.1, -0.05) is 11.6 Å². The van der Waals surface area contributed by atoms with E-state index in [9.17, 15) is 8.42 Å². The van der Waals surface area contributed by atoms with E-state index in [2.05, 4.69) is 31.0 Å². The predicted molar refractivity (Wildman–Crippen MR) is 83.7 cm³/mol. The topological polar surface area (TPSA) is 71.1 Å². The molecule has 0 aliphatic carbocycles. The van der Waals surface area contributed by atoms with E-state index in [1.807, 2.05) is 0 Å². The fourth-order valence-corrected chi connectivity index (χ4v) is 3.18. The highest BCUT2D eigenvalue weighted by molar-refractivity contribution is 9.10. The van der Waals surface area contributed by atoms with Gasteiger partial charge < -0.3 is 5.32 Å². The molecule has 0 amide bonds. The zero-order valence-electron chi connectivity index (χ0n) is 10.4. The molecule has 0 bridgehead atoms. The highest BCUT2D eigenvalue weighted by atomic mass is 79.9. The van der Waals surface area contributed by atoms with Gasteiger partial charge in [0.2, 0.25) is 0 Å². The van der Waals surface area contributed by atoms with Crippen molar-refractivity contribution < 1.29 is 8.42 Å². The molecule has 0 aliphatic rings. The van der Waals surface area contributed by atoms with Gasteiger partial charge in [-0.3, -0.25) is 4.72 Å². The molecular weight excluding hydrogens is 366 g/mol. The van der Waals surface area contributed by atoms with E-state index in [1.165, 1.54) is 12.3 Å². The summed E-state index contributed by atoms with van der Waals surface area (Å²) in [6, 6.07) is 8.08. The molecule has 0 atom stereocenters. The van der Waals surface area contributed by atoms with Crippen LogP contribution in [0.1, 0.15) is 0 Å². The van der Waals surface area contributed by atoms with Gasteiger partial charge in [-0.05, 0) is 46.3 Å². The van der Waals surface area contributed by atoms with E-state index in [0.717, 1.165) is 0 Å². The second-order valence-electron chi connectivity index (χ2n) is 3.84. The predicted octanol–water partition coefficient (Wildman–Crippen LogP) is 3.34. The summed E-state index contributed by atoms with van der Waals surface area (Å²) in [5, 5.41) is 3.14. The molecular formula is C12H11BrClN3O2S. The molecule has 8 heteroatoms. The van der Waals surface area contributed by atoms with Crippen molar-refractivity contribution in [3.63, 3.8) is 0 Å². The summed E-state index contributed by atoms with van der Waals surface area (Å²) in [6.07, 6.45) is 1.42. The van der Waals surface area contributed by atoms with Crippen LogP contribution >= 0.6 is 27.5 Å². The van der Waals surface area contributed by atoms with E-state index < -0.39 is 10.0 Å². The highest BCUT2D eigenvalue weighted by Crippen LogP contribution is 2.27. The fourth-order valence-electron chi connectivity index (χ4n) is 1.56. The second kappa shape index (κ2) is 5.99. The van der Waals surface area contributed by atoms with Crippen LogP contribution in [0.3, 0.4) is 0 Å². The summed E-state index contributed by atoms with van der Waals surface area (Å²) in [5.74, 6) is 0. The Kier molecular flexibility index (Phi) is 4.52. The minimum absolute atomic E-state index is 0.0680. The maximum atomic E-state index is 12.3. The molecule has 0 spiro atoms. The van der Waals surface area contributed by atoms with E-state index >= 15 is 0 Å². The lowest BCUT2D eigenvalue weighted by Crippen LogP contribution is -2.16. The number of hydrogen-bond acceptors (Lipinski definition) is 4. The molecule has 1 heterocycles. The lowest BCUT2D eigenvalue weighted by Gasteiger charge is -2.11. The number of halogens is 2. The Hall–Kier alpha value is -1.31. The van der Waals surface area contributed by atoms with Gasteiger partial charge in [0.25, 0.3) is 10.0 Å². The smallest absolute Gasteiger partial charge is 0.281 e. The number of benzene rings is 1. The molecule has 2 N–H and O–H groups in total. The Balaban J connectivity index is 2.38. The second-order valence-corrected chi connectivity index (χ2v) is 6.70. The molecule has 0 fully saturated rings. The normalized spacial score (nSPS) is 11.2. The molecule has 106 valence electrons. The number of pyridine rings is 1. The van der Waals surface area contributed by atoms with E-state index in [1.54, 1.807) is 31.3 Å². The number of aromatic nitrogens is 1. The Morgan fingerprint density at radius 2 is 2.05 bits per heavy atom. The zero-order chi connectivity index (χ0) is 14.8. The minimum Gasteiger partial charge on any atom is -0.386 e. The average molecular weight is 377 g/mol. The van der Waals surface area contributed by atoms with Crippen LogP contribution in [-0.4, -0.2) is 20.4 Å². The van der Waals surface area contributed by atoms with Gasteiger partial charge in [0, 0.05) is 17.7 Å². The van der Waals surface area contributed by atoms with Gasteiger partial charge >= 0.3 is 0 Å². The Morgan fingerprint density at radius 1 is 1.30 bits per heavy atom. The molecule has 0 aliphatic heterocycles. The van der Waals surface area contributed by atoms with Crippen molar-refractivity contribution in [2.24, 2.45) is 0 Å². The number of sulfonamides is 1. The molecule has 0 saturated heterocycles. The van der Waals surface area contributed by atoms with Crippen molar-refractivity contribution in [3.8, 4) is 0 Å². The van der Waals surface area contributed by atoms with E-state index in [-0.39, 0.29) is 5.03 Å². The number of rotatable bonds is 4. The Bertz CT molecular complexity index is 737. The molecule has 0 unspecified atom stereocenters. The molecule has 2 rings (SSSR count).